The van der Waals surface area contributed by atoms with E-state index in [1.165, 1.54) is 18.4 Å². The van der Waals surface area contributed by atoms with Crippen LogP contribution in [0.1, 0.15) is 78.6 Å². The molecule has 43 heavy (non-hydrogen) atoms. The number of likely N-dealkylation sites (tertiary alicyclic amines) is 1. The van der Waals surface area contributed by atoms with Gasteiger partial charge in [0.05, 0.1) is 17.5 Å². The Morgan fingerprint density at radius 2 is 2.00 bits per heavy atom. The van der Waals surface area contributed by atoms with Crippen LogP contribution in [-0.4, -0.2) is 102 Å². The molecular formula is C34H53N5O4. The first-order valence-corrected chi connectivity index (χ1v) is 17.1. The molecule has 0 bridgehead atoms. The number of nitrogens with zero attached hydrogens (tertiary/aromatic N) is 3. The van der Waals surface area contributed by atoms with Crippen molar-refractivity contribution in [1.82, 2.24) is 25.3 Å². The summed E-state index contributed by atoms with van der Waals surface area (Å²) in [5, 5.41) is 6.15. The fourth-order valence-electron chi connectivity index (χ4n) is 9.12. The minimum Gasteiger partial charge on any atom is -0.381 e. The normalized spacial score (nSPS) is 34.2. The van der Waals surface area contributed by atoms with Gasteiger partial charge < -0.3 is 25.2 Å². The topological polar surface area (TPSA) is 94.2 Å². The van der Waals surface area contributed by atoms with Gasteiger partial charge in [-0.05, 0) is 95.1 Å². The van der Waals surface area contributed by atoms with Gasteiger partial charge in [-0.1, -0.05) is 25.2 Å². The average molecular weight is 596 g/mol. The standard InChI is InChI=1S/C34H53N5O4/c1-23(2)39-33(42)38(21-25-10-14-43-15-11-25)22-34(39)18-27-8-5-12-37(30(27)19-34)13-9-29(26-7-4-6-24(3)16-26)36-32(41)28-17-31(40)35-20-28/h4,7,16,23-25,27-30H,5-6,8-15,17-22H2,1-3H3,(H,35,40)(H,36,41)/t24?,27?,28?,29-,30?,34?/m0/s1. The number of ether oxygens (including phenoxy) is 1. The number of fused-ring (bicyclic) bond motifs is 1. The Labute approximate surface area is 257 Å². The molecule has 6 atom stereocenters. The number of urea groups is 1. The van der Waals surface area contributed by atoms with Gasteiger partial charge in [0.2, 0.25) is 11.8 Å². The maximum absolute atomic E-state index is 13.8. The molecule has 0 radical (unpaired) electrons. The van der Waals surface area contributed by atoms with Crippen LogP contribution in [0.15, 0.2) is 23.8 Å². The Balaban J connectivity index is 1.15. The van der Waals surface area contributed by atoms with Crippen molar-refractivity contribution in [2.24, 2.45) is 23.7 Å². The predicted octanol–water partition coefficient (Wildman–Crippen LogP) is 3.71. The summed E-state index contributed by atoms with van der Waals surface area (Å²) >= 11 is 0. The molecule has 6 rings (SSSR count). The zero-order chi connectivity index (χ0) is 30.1. The van der Waals surface area contributed by atoms with E-state index in [0.29, 0.717) is 30.3 Å². The van der Waals surface area contributed by atoms with Crippen molar-refractivity contribution < 1.29 is 19.1 Å². The van der Waals surface area contributed by atoms with Gasteiger partial charge in [0.1, 0.15) is 0 Å². The van der Waals surface area contributed by atoms with Gasteiger partial charge in [0.15, 0.2) is 0 Å². The summed E-state index contributed by atoms with van der Waals surface area (Å²) in [5.74, 6) is 1.24. The second kappa shape index (κ2) is 12.9. The van der Waals surface area contributed by atoms with Crippen LogP contribution in [0, 0.1) is 23.7 Å². The van der Waals surface area contributed by atoms with E-state index in [1.54, 1.807) is 0 Å². The van der Waals surface area contributed by atoms with Crippen LogP contribution >= 0.6 is 0 Å². The van der Waals surface area contributed by atoms with Crippen molar-refractivity contribution >= 4 is 17.8 Å². The molecule has 1 spiro atoms. The Morgan fingerprint density at radius 1 is 1.19 bits per heavy atom. The number of amides is 4. The summed E-state index contributed by atoms with van der Waals surface area (Å²) in [5.41, 5.74) is 1.10. The van der Waals surface area contributed by atoms with Crippen molar-refractivity contribution in [3.63, 3.8) is 0 Å². The van der Waals surface area contributed by atoms with Gasteiger partial charge >= 0.3 is 6.03 Å². The summed E-state index contributed by atoms with van der Waals surface area (Å²) in [6.07, 6.45) is 15.5. The monoisotopic (exact) mass is 595 g/mol. The zero-order valence-electron chi connectivity index (χ0n) is 26.6. The van der Waals surface area contributed by atoms with Gasteiger partial charge in [-0.2, -0.15) is 0 Å². The lowest BCUT2D eigenvalue weighted by molar-refractivity contribution is -0.126. The number of carbonyl (C=O) groups is 3. The minimum absolute atomic E-state index is 0.0196. The molecule has 4 amide bonds. The first-order chi connectivity index (χ1) is 20.7. The minimum atomic E-state index is -0.291. The molecule has 4 heterocycles. The van der Waals surface area contributed by atoms with Crippen LogP contribution in [0.2, 0.25) is 0 Å². The lowest BCUT2D eigenvalue weighted by atomic mass is 9.89. The van der Waals surface area contributed by atoms with E-state index >= 15 is 0 Å². The van der Waals surface area contributed by atoms with Crippen LogP contribution < -0.4 is 10.6 Å². The molecule has 0 aromatic carbocycles. The second-order valence-corrected chi connectivity index (χ2v) is 14.7. The highest BCUT2D eigenvalue weighted by Crippen LogP contribution is 2.49. The Bertz CT molecular complexity index is 1120. The molecule has 5 fully saturated rings. The van der Waals surface area contributed by atoms with Crippen molar-refractivity contribution in [2.45, 2.75) is 102 Å². The molecule has 5 unspecified atom stereocenters. The Hall–Kier alpha value is -2.39. The molecule has 4 saturated heterocycles. The first-order valence-electron chi connectivity index (χ1n) is 17.1. The Morgan fingerprint density at radius 3 is 2.72 bits per heavy atom. The third kappa shape index (κ3) is 6.53. The quantitative estimate of drug-likeness (QED) is 0.424. The van der Waals surface area contributed by atoms with Gasteiger partial charge in [0.25, 0.3) is 0 Å². The first kappa shape index (κ1) is 30.6. The van der Waals surface area contributed by atoms with Gasteiger partial charge in [0, 0.05) is 57.9 Å². The van der Waals surface area contributed by atoms with Crippen LogP contribution in [0.5, 0.6) is 0 Å². The molecule has 1 saturated carbocycles. The lowest BCUT2D eigenvalue weighted by Crippen LogP contribution is -2.50. The molecule has 4 aliphatic heterocycles. The maximum Gasteiger partial charge on any atom is 0.320 e. The SMILES string of the molecule is CC1C=C([C@H](CCN2CCCC3CC4(CC32)CN(CC2CCOCC2)C(=O)N4C(C)C)NC(=O)C2CNC(=O)C2)C=CC1. The number of nitrogens with one attached hydrogen (secondary N) is 2. The highest BCUT2D eigenvalue weighted by atomic mass is 16.5. The zero-order valence-corrected chi connectivity index (χ0v) is 26.6. The second-order valence-electron chi connectivity index (χ2n) is 14.7. The fourth-order valence-corrected chi connectivity index (χ4v) is 9.12. The highest BCUT2D eigenvalue weighted by molar-refractivity contribution is 5.89. The summed E-state index contributed by atoms with van der Waals surface area (Å²) in [6.45, 7) is 12.4. The van der Waals surface area contributed by atoms with E-state index in [0.717, 1.165) is 77.9 Å². The molecule has 238 valence electrons. The Kier molecular flexibility index (Phi) is 9.20. The summed E-state index contributed by atoms with van der Waals surface area (Å²) < 4.78 is 5.59. The van der Waals surface area contributed by atoms with E-state index < -0.39 is 0 Å². The van der Waals surface area contributed by atoms with E-state index in [2.05, 4.69) is 64.3 Å². The molecule has 0 aromatic rings. The fraction of sp³-hybridized carbons (Fsp3) is 0.794. The molecule has 2 aliphatic carbocycles. The summed E-state index contributed by atoms with van der Waals surface area (Å²) in [6, 6.07) is 0.825. The largest absolute Gasteiger partial charge is 0.381 e. The number of rotatable bonds is 9. The summed E-state index contributed by atoms with van der Waals surface area (Å²) in [4.78, 5) is 46.0. The van der Waals surface area contributed by atoms with E-state index in [4.69, 9.17) is 4.74 Å². The van der Waals surface area contributed by atoms with Crippen LogP contribution in [0.3, 0.4) is 0 Å². The number of piperidine rings is 1. The van der Waals surface area contributed by atoms with Crippen LogP contribution in [-0.2, 0) is 14.3 Å². The van der Waals surface area contributed by atoms with Gasteiger partial charge in [-0.3, -0.25) is 14.5 Å². The van der Waals surface area contributed by atoms with Crippen LogP contribution in [0.4, 0.5) is 4.79 Å². The van der Waals surface area contributed by atoms with Crippen molar-refractivity contribution in [3.05, 3.63) is 23.8 Å². The van der Waals surface area contributed by atoms with E-state index in [-0.39, 0.29) is 47.8 Å². The van der Waals surface area contributed by atoms with Crippen molar-refractivity contribution in [1.29, 1.82) is 0 Å². The smallest absolute Gasteiger partial charge is 0.320 e. The van der Waals surface area contributed by atoms with Crippen molar-refractivity contribution in [2.75, 3.05) is 45.9 Å². The third-order valence-electron chi connectivity index (χ3n) is 11.1. The molecule has 9 nitrogen and oxygen atoms in total. The number of allylic oxidation sites excluding steroid dienone is 2. The highest BCUT2D eigenvalue weighted by Gasteiger charge is 2.58. The van der Waals surface area contributed by atoms with E-state index in [1.807, 2.05) is 0 Å². The number of hydrogen-bond donors (Lipinski definition) is 2. The maximum atomic E-state index is 13.8. The third-order valence-corrected chi connectivity index (χ3v) is 11.1. The molecular weight excluding hydrogens is 542 g/mol. The number of carbonyl (C=O) groups excluding carboxylic acids is 3. The van der Waals surface area contributed by atoms with Crippen molar-refractivity contribution in [3.8, 4) is 0 Å². The van der Waals surface area contributed by atoms with Gasteiger partial charge in [-0.25, -0.2) is 4.79 Å². The number of hydrogen-bond acceptors (Lipinski definition) is 5. The predicted molar refractivity (Wildman–Crippen MR) is 166 cm³/mol. The molecule has 6 aliphatic rings. The summed E-state index contributed by atoms with van der Waals surface area (Å²) in [7, 11) is 0. The molecule has 0 aromatic heterocycles. The van der Waals surface area contributed by atoms with E-state index in [9.17, 15) is 14.4 Å². The van der Waals surface area contributed by atoms with Crippen LogP contribution in [0.25, 0.3) is 0 Å². The van der Waals surface area contributed by atoms with Gasteiger partial charge in [-0.15, -0.1) is 0 Å². The average Bonchev–Trinajstić information content (AvgIpc) is 3.66. The molecule has 9 heteroatoms. The molecule has 2 N–H and O–H groups in total. The lowest BCUT2D eigenvalue weighted by Gasteiger charge is -2.39.